The highest BCUT2D eigenvalue weighted by Crippen LogP contribution is 2.26. The molecule has 1 heterocycles. The van der Waals surface area contributed by atoms with Gasteiger partial charge in [-0.2, -0.15) is 0 Å². The van der Waals surface area contributed by atoms with Crippen LogP contribution in [0.4, 0.5) is 5.69 Å². The number of benzene rings is 1. The van der Waals surface area contributed by atoms with E-state index >= 15 is 0 Å². The summed E-state index contributed by atoms with van der Waals surface area (Å²) in [5.74, 6) is 0. The Labute approximate surface area is 113 Å². The molecule has 1 aromatic carbocycles. The first-order valence-electron chi connectivity index (χ1n) is 6.43. The molecule has 0 aromatic heterocycles. The van der Waals surface area contributed by atoms with Gasteiger partial charge >= 0.3 is 0 Å². The van der Waals surface area contributed by atoms with Gasteiger partial charge in [-0.25, -0.2) is 0 Å². The summed E-state index contributed by atoms with van der Waals surface area (Å²) in [5, 5.41) is 3.45. The second kappa shape index (κ2) is 5.87. The topological polar surface area (TPSA) is 15.3 Å². The van der Waals surface area contributed by atoms with Crippen LogP contribution in [0, 0.1) is 0 Å². The van der Waals surface area contributed by atoms with Crippen molar-refractivity contribution < 1.29 is 0 Å². The van der Waals surface area contributed by atoms with E-state index in [0.717, 1.165) is 6.54 Å². The van der Waals surface area contributed by atoms with E-state index in [1.165, 1.54) is 41.7 Å². The van der Waals surface area contributed by atoms with Crippen LogP contribution in [0.15, 0.2) is 22.7 Å². The molecule has 94 valence electrons. The standard InChI is InChI=1S/C14H21BrN2/c1-11(2)16-10-12-5-6-13(9-14(12)15)17-7-3-4-8-17/h5-6,9,11,16H,3-4,7-8,10H2,1-2H3. The molecular weight excluding hydrogens is 276 g/mol. The molecule has 0 aliphatic carbocycles. The van der Waals surface area contributed by atoms with Crippen LogP contribution < -0.4 is 10.2 Å². The molecule has 2 nitrogen and oxygen atoms in total. The second-order valence-electron chi connectivity index (χ2n) is 5.01. The Kier molecular flexibility index (Phi) is 4.46. The Bertz CT molecular complexity index is 370. The van der Waals surface area contributed by atoms with E-state index in [9.17, 15) is 0 Å². The summed E-state index contributed by atoms with van der Waals surface area (Å²) in [5.41, 5.74) is 2.68. The summed E-state index contributed by atoms with van der Waals surface area (Å²) >= 11 is 3.68. The van der Waals surface area contributed by atoms with E-state index < -0.39 is 0 Å². The molecule has 0 spiro atoms. The van der Waals surface area contributed by atoms with Crippen molar-refractivity contribution in [3.8, 4) is 0 Å². The molecule has 0 unspecified atom stereocenters. The molecular formula is C14H21BrN2. The first-order valence-corrected chi connectivity index (χ1v) is 7.23. The van der Waals surface area contributed by atoms with Crippen LogP contribution >= 0.6 is 15.9 Å². The average molecular weight is 297 g/mol. The van der Waals surface area contributed by atoms with Gasteiger partial charge in [0.1, 0.15) is 0 Å². The third kappa shape index (κ3) is 3.46. The molecule has 0 radical (unpaired) electrons. The van der Waals surface area contributed by atoms with E-state index in [-0.39, 0.29) is 0 Å². The van der Waals surface area contributed by atoms with Crippen molar-refractivity contribution >= 4 is 21.6 Å². The molecule has 0 atom stereocenters. The molecule has 1 aliphatic heterocycles. The molecule has 3 heteroatoms. The maximum absolute atomic E-state index is 3.68. The average Bonchev–Trinajstić information content (AvgIpc) is 2.80. The summed E-state index contributed by atoms with van der Waals surface area (Å²) < 4.78 is 1.22. The number of halogens is 1. The number of nitrogens with zero attached hydrogens (tertiary/aromatic N) is 1. The van der Waals surface area contributed by atoms with Crippen molar-refractivity contribution in [3.05, 3.63) is 28.2 Å². The van der Waals surface area contributed by atoms with Crippen molar-refractivity contribution in [2.75, 3.05) is 18.0 Å². The Balaban J connectivity index is 2.05. The Morgan fingerprint density at radius 3 is 2.59 bits per heavy atom. The van der Waals surface area contributed by atoms with Crippen LogP contribution in [0.1, 0.15) is 32.3 Å². The van der Waals surface area contributed by atoms with E-state index in [1.807, 2.05) is 0 Å². The maximum atomic E-state index is 3.68. The van der Waals surface area contributed by atoms with Gasteiger partial charge in [0, 0.05) is 35.8 Å². The minimum atomic E-state index is 0.528. The maximum Gasteiger partial charge on any atom is 0.0377 e. The van der Waals surface area contributed by atoms with Gasteiger partial charge in [0.05, 0.1) is 0 Å². The van der Waals surface area contributed by atoms with Gasteiger partial charge in [-0.3, -0.25) is 0 Å². The summed E-state index contributed by atoms with van der Waals surface area (Å²) in [6, 6.07) is 7.25. The highest BCUT2D eigenvalue weighted by Gasteiger charge is 2.13. The van der Waals surface area contributed by atoms with E-state index in [0.29, 0.717) is 6.04 Å². The van der Waals surface area contributed by atoms with Crippen LogP contribution in [0.5, 0.6) is 0 Å². The van der Waals surface area contributed by atoms with E-state index in [4.69, 9.17) is 0 Å². The quantitative estimate of drug-likeness (QED) is 0.914. The normalized spacial score (nSPS) is 15.9. The zero-order valence-corrected chi connectivity index (χ0v) is 12.3. The van der Waals surface area contributed by atoms with Gasteiger partial charge < -0.3 is 10.2 Å². The summed E-state index contributed by atoms with van der Waals surface area (Å²) in [4.78, 5) is 2.46. The Morgan fingerprint density at radius 1 is 1.29 bits per heavy atom. The predicted octanol–water partition coefficient (Wildman–Crippen LogP) is 3.55. The van der Waals surface area contributed by atoms with Crippen LogP contribution in [-0.4, -0.2) is 19.1 Å². The Morgan fingerprint density at radius 2 is 2.00 bits per heavy atom. The van der Waals surface area contributed by atoms with E-state index in [1.54, 1.807) is 0 Å². The van der Waals surface area contributed by atoms with Crippen LogP contribution in [-0.2, 0) is 6.54 Å². The molecule has 0 saturated carbocycles. The molecule has 0 amide bonds. The van der Waals surface area contributed by atoms with Gasteiger partial charge in [-0.05, 0) is 30.5 Å². The minimum Gasteiger partial charge on any atom is -0.372 e. The van der Waals surface area contributed by atoms with Gasteiger partial charge in [0.15, 0.2) is 0 Å². The highest BCUT2D eigenvalue weighted by atomic mass is 79.9. The lowest BCUT2D eigenvalue weighted by Gasteiger charge is -2.19. The lowest BCUT2D eigenvalue weighted by Crippen LogP contribution is -2.22. The van der Waals surface area contributed by atoms with Crippen LogP contribution in [0.3, 0.4) is 0 Å². The lowest BCUT2D eigenvalue weighted by molar-refractivity contribution is 0.588. The van der Waals surface area contributed by atoms with Crippen molar-refractivity contribution in [2.45, 2.75) is 39.3 Å². The van der Waals surface area contributed by atoms with Crippen molar-refractivity contribution in [1.29, 1.82) is 0 Å². The molecule has 1 fully saturated rings. The van der Waals surface area contributed by atoms with Crippen molar-refractivity contribution in [3.63, 3.8) is 0 Å². The van der Waals surface area contributed by atoms with Crippen molar-refractivity contribution in [2.24, 2.45) is 0 Å². The molecule has 1 N–H and O–H groups in total. The third-order valence-corrected chi connectivity index (χ3v) is 3.95. The fourth-order valence-electron chi connectivity index (χ4n) is 2.17. The zero-order chi connectivity index (χ0) is 12.3. The van der Waals surface area contributed by atoms with E-state index in [2.05, 4.69) is 58.2 Å². The van der Waals surface area contributed by atoms with Gasteiger partial charge in [0.25, 0.3) is 0 Å². The molecule has 1 saturated heterocycles. The number of anilines is 1. The smallest absolute Gasteiger partial charge is 0.0377 e. The zero-order valence-electron chi connectivity index (χ0n) is 10.7. The summed E-state index contributed by atoms with van der Waals surface area (Å²) in [7, 11) is 0. The number of hydrogen-bond acceptors (Lipinski definition) is 2. The number of hydrogen-bond donors (Lipinski definition) is 1. The molecule has 17 heavy (non-hydrogen) atoms. The Hall–Kier alpha value is -0.540. The van der Waals surface area contributed by atoms with Gasteiger partial charge in [-0.1, -0.05) is 35.8 Å². The van der Waals surface area contributed by atoms with Crippen molar-refractivity contribution in [1.82, 2.24) is 5.32 Å². The fourth-order valence-corrected chi connectivity index (χ4v) is 2.67. The fraction of sp³-hybridized carbons (Fsp3) is 0.571. The molecule has 1 aromatic rings. The SMILES string of the molecule is CC(C)NCc1ccc(N2CCCC2)cc1Br. The number of rotatable bonds is 4. The van der Waals surface area contributed by atoms with Crippen LogP contribution in [0.25, 0.3) is 0 Å². The molecule has 1 aliphatic rings. The molecule has 2 rings (SSSR count). The number of nitrogens with one attached hydrogen (secondary N) is 1. The van der Waals surface area contributed by atoms with Gasteiger partial charge in [0.2, 0.25) is 0 Å². The highest BCUT2D eigenvalue weighted by molar-refractivity contribution is 9.10. The first-order chi connectivity index (χ1) is 8.16. The van der Waals surface area contributed by atoms with Crippen LogP contribution in [0.2, 0.25) is 0 Å². The summed E-state index contributed by atoms with van der Waals surface area (Å²) in [6.45, 7) is 7.68. The predicted molar refractivity (Wildman–Crippen MR) is 77.6 cm³/mol. The lowest BCUT2D eigenvalue weighted by atomic mass is 10.2. The minimum absolute atomic E-state index is 0.528. The monoisotopic (exact) mass is 296 g/mol. The first kappa shape index (κ1) is 12.9. The molecule has 0 bridgehead atoms. The second-order valence-corrected chi connectivity index (χ2v) is 5.86. The summed E-state index contributed by atoms with van der Waals surface area (Å²) in [6.07, 6.45) is 2.66. The largest absolute Gasteiger partial charge is 0.372 e. The van der Waals surface area contributed by atoms with Gasteiger partial charge in [-0.15, -0.1) is 0 Å². The third-order valence-electron chi connectivity index (χ3n) is 3.21.